The molecule has 0 radical (unpaired) electrons. The van der Waals surface area contributed by atoms with Gasteiger partial charge in [-0.25, -0.2) is 13.2 Å². The number of rotatable bonds is 5. The van der Waals surface area contributed by atoms with Crippen molar-refractivity contribution in [3.63, 3.8) is 0 Å². The van der Waals surface area contributed by atoms with E-state index in [0.29, 0.717) is 18.2 Å². The molecule has 2 bridgehead atoms. The summed E-state index contributed by atoms with van der Waals surface area (Å²) in [6, 6.07) is 2.13. The number of benzene rings is 1. The van der Waals surface area contributed by atoms with Crippen molar-refractivity contribution in [2.24, 2.45) is 5.92 Å². The van der Waals surface area contributed by atoms with Gasteiger partial charge in [0.05, 0.1) is 6.04 Å². The molecule has 2 fully saturated rings. The first-order valence-electron chi connectivity index (χ1n) is 9.21. The van der Waals surface area contributed by atoms with Crippen LogP contribution in [0.2, 0.25) is 0 Å². The summed E-state index contributed by atoms with van der Waals surface area (Å²) in [7, 11) is 0. The average Bonchev–Trinajstić information content (AvgIpc) is 2.88. The molecule has 7 heteroatoms. The first-order chi connectivity index (χ1) is 12.1. The van der Waals surface area contributed by atoms with Crippen LogP contribution in [-0.4, -0.2) is 27.4 Å². The lowest BCUT2D eigenvalue weighted by Gasteiger charge is -2.37. The molecule has 0 saturated carbocycles. The summed E-state index contributed by atoms with van der Waals surface area (Å²) in [6.45, 7) is 5.62. The van der Waals surface area contributed by atoms with Crippen molar-refractivity contribution in [3.8, 4) is 0 Å². The zero-order valence-electron chi connectivity index (χ0n) is 15.5. The number of hydrogen-bond acceptors (Lipinski definition) is 3. The molecule has 2 N–H and O–H groups in total. The van der Waals surface area contributed by atoms with Crippen molar-refractivity contribution in [1.29, 1.82) is 0 Å². The van der Waals surface area contributed by atoms with Gasteiger partial charge in [-0.05, 0) is 70.4 Å². The summed E-state index contributed by atoms with van der Waals surface area (Å²) >= 11 is -1.32. The maximum Gasteiger partial charge on any atom is 0.161 e. The Balaban J connectivity index is 1.82. The summed E-state index contributed by atoms with van der Waals surface area (Å²) in [6.07, 6.45) is 4.27. The molecule has 3 rings (SSSR count). The Bertz CT molecular complexity index is 640. The first kappa shape index (κ1) is 20.0. The minimum Gasteiger partial charge on any atom is -0.598 e. The molecule has 0 spiro atoms. The first-order valence-corrected chi connectivity index (χ1v) is 10.4. The van der Waals surface area contributed by atoms with Crippen molar-refractivity contribution in [2.75, 3.05) is 0 Å². The lowest BCUT2D eigenvalue weighted by molar-refractivity contribution is 0.247. The smallest absolute Gasteiger partial charge is 0.161 e. The van der Waals surface area contributed by atoms with E-state index in [2.05, 4.69) is 10.0 Å². The maximum atomic E-state index is 14.2. The van der Waals surface area contributed by atoms with Crippen LogP contribution >= 0.6 is 0 Å². The van der Waals surface area contributed by atoms with Gasteiger partial charge in [-0.15, -0.1) is 4.72 Å². The van der Waals surface area contributed by atoms with Crippen LogP contribution in [0.1, 0.15) is 52.0 Å². The molecule has 0 amide bonds. The minimum atomic E-state index is -1.32. The Morgan fingerprint density at radius 2 is 1.69 bits per heavy atom. The topological polar surface area (TPSA) is 47.1 Å². The number of hydrogen-bond donors (Lipinski definition) is 2. The van der Waals surface area contributed by atoms with Gasteiger partial charge in [0.2, 0.25) is 0 Å². The Morgan fingerprint density at radius 3 is 2.27 bits per heavy atom. The molecule has 1 aromatic carbocycles. The molecular weight excluding hydrogens is 361 g/mol. The standard InChI is InChI=1S/C19H27F3N2OS/c1-19(2,3)26(25)24-18(12-6-13-4-5-14(7-12)23-13)9-11-8-16(21)17(22)10-15(11)20/h8,10,12-14,18,23-24H,4-7,9H2,1-3H3/t12?,13?,14?,18-,26?/m0/s1. The number of nitrogens with one attached hydrogen (secondary N) is 2. The summed E-state index contributed by atoms with van der Waals surface area (Å²) in [4.78, 5) is 0. The monoisotopic (exact) mass is 388 g/mol. The Kier molecular flexibility index (Phi) is 5.92. The Labute approximate surface area is 156 Å². The SMILES string of the molecule is CC(C)(C)[S+]([O-])N[C@@H](Cc1cc(F)c(F)cc1F)C1CC2CCC(C1)N2. The van der Waals surface area contributed by atoms with Crippen LogP contribution in [0.15, 0.2) is 12.1 Å². The molecule has 0 aliphatic carbocycles. The van der Waals surface area contributed by atoms with E-state index < -0.39 is 33.6 Å². The lowest BCUT2D eigenvalue weighted by atomic mass is 9.83. The second-order valence-corrected chi connectivity index (χ2v) is 10.5. The molecule has 4 atom stereocenters. The largest absolute Gasteiger partial charge is 0.598 e. The third-order valence-electron chi connectivity index (χ3n) is 5.42. The fourth-order valence-electron chi connectivity index (χ4n) is 4.01. The fourth-order valence-corrected chi connectivity index (χ4v) is 4.91. The van der Waals surface area contributed by atoms with Crippen LogP contribution in [0, 0.1) is 23.4 Å². The number of fused-ring (bicyclic) bond motifs is 2. The molecule has 2 aliphatic rings. The molecule has 0 aromatic heterocycles. The summed E-state index contributed by atoms with van der Waals surface area (Å²) in [5, 5.41) is 3.56. The van der Waals surface area contributed by atoms with Gasteiger partial charge in [0.25, 0.3) is 0 Å². The predicted octanol–water partition coefficient (Wildman–Crippen LogP) is 3.60. The quantitative estimate of drug-likeness (QED) is 0.599. The Morgan fingerprint density at radius 1 is 1.12 bits per heavy atom. The molecule has 26 heavy (non-hydrogen) atoms. The van der Waals surface area contributed by atoms with E-state index in [1.165, 1.54) is 0 Å². The van der Waals surface area contributed by atoms with Crippen molar-refractivity contribution in [3.05, 3.63) is 35.1 Å². The summed E-state index contributed by atoms with van der Waals surface area (Å²) in [5.74, 6) is -2.78. The second-order valence-electron chi connectivity index (χ2n) is 8.54. The zero-order valence-corrected chi connectivity index (χ0v) is 16.3. The summed E-state index contributed by atoms with van der Waals surface area (Å²) in [5.41, 5.74) is 0.123. The van der Waals surface area contributed by atoms with Crippen molar-refractivity contribution < 1.29 is 17.7 Å². The van der Waals surface area contributed by atoms with E-state index in [1.807, 2.05) is 20.8 Å². The minimum absolute atomic E-state index is 0.123. The van der Waals surface area contributed by atoms with Crippen LogP contribution in [0.25, 0.3) is 0 Å². The molecule has 1 aromatic rings. The van der Waals surface area contributed by atoms with Crippen molar-refractivity contribution >= 4 is 11.4 Å². The molecular formula is C19H27F3N2OS. The van der Waals surface area contributed by atoms with E-state index in [9.17, 15) is 17.7 Å². The normalized spacial score (nSPS) is 28.2. The van der Waals surface area contributed by atoms with Gasteiger partial charge in [0, 0.05) is 29.5 Å². The molecule has 2 heterocycles. The van der Waals surface area contributed by atoms with Gasteiger partial charge in [-0.1, -0.05) is 0 Å². The van der Waals surface area contributed by atoms with Crippen LogP contribution in [0.4, 0.5) is 13.2 Å². The van der Waals surface area contributed by atoms with Gasteiger partial charge in [-0.3, -0.25) is 0 Å². The third-order valence-corrected chi connectivity index (χ3v) is 7.05. The predicted molar refractivity (Wildman–Crippen MR) is 97.5 cm³/mol. The highest BCUT2D eigenvalue weighted by Crippen LogP contribution is 2.34. The van der Waals surface area contributed by atoms with E-state index in [4.69, 9.17) is 0 Å². The highest BCUT2D eigenvalue weighted by atomic mass is 32.2. The highest BCUT2D eigenvalue weighted by molar-refractivity contribution is 7.90. The van der Waals surface area contributed by atoms with Crippen molar-refractivity contribution in [1.82, 2.24) is 10.0 Å². The van der Waals surface area contributed by atoms with Gasteiger partial charge >= 0.3 is 0 Å². The number of piperidine rings is 1. The lowest BCUT2D eigenvalue weighted by Crippen LogP contribution is -2.52. The molecule has 3 unspecified atom stereocenters. The Hall–Kier alpha value is -0.760. The van der Waals surface area contributed by atoms with Crippen LogP contribution in [0.3, 0.4) is 0 Å². The molecule has 2 saturated heterocycles. The average molecular weight is 388 g/mol. The maximum absolute atomic E-state index is 14.2. The molecule has 146 valence electrons. The van der Waals surface area contributed by atoms with Crippen LogP contribution < -0.4 is 10.0 Å². The van der Waals surface area contributed by atoms with Gasteiger partial charge in [0.15, 0.2) is 11.6 Å². The molecule has 2 aliphatic heterocycles. The third kappa shape index (κ3) is 4.55. The van der Waals surface area contributed by atoms with Crippen LogP contribution in [-0.2, 0) is 17.8 Å². The fraction of sp³-hybridized carbons (Fsp3) is 0.684. The van der Waals surface area contributed by atoms with E-state index in [-0.39, 0.29) is 23.9 Å². The van der Waals surface area contributed by atoms with Gasteiger partial charge in [-0.2, -0.15) is 0 Å². The van der Waals surface area contributed by atoms with Gasteiger partial charge in [0.1, 0.15) is 10.6 Å². The zero-order chi connectivity index (χ0) is 19.1. The van der Waals surface area contributed by atoms with E-state index in [1.54, 1.807) is 0 Å². The molecule has 3 nitrogen and oxygen atoms in total. The summed E-state index contributed by atoms with van der Waals surface area (Å²) < 4.78 is 56.4. The van der Waals surface area contributed by atoms with E-state index >= 15 is 0 Å². The van der Waals surface area contributed by atoms with E-state index in [0.717, 1.165) is 31.7 Å². The highest BCUT2D eigenvalue weighted by Gasteiger charge is 2.40. The second kappa shape index (κ2) is 7.70. The number of halogens is 3. The van der Waals surface area contributed by atoms with Gasteiger partial charge < -0.3 is 9.87 Å². The van der Waals surface area contributed by atoms with Crippen LogP contribution in [0.5, 0.6) is 0 Å². The van der Waals surface area contributed by atoms with Crippen molar-refractivity contribution in [2.45, 2.75) is 75.7 Å².